The van der Waals surface area contributed by atoms with Crippen LogP contribution in [0.25, 0.3) is 63.5 Å². The lowest BCUT2D eigenvalue weighted by Gasteiger charge is -2.27. The molecule has 2 aromatic heterocycles. The monoisotopic (exact) mass is 514 g/mol. The fraction of sp³-hybridized carbons (Fsp3) is 0. The molecule has 0 atom stereocenters. The van der Waals surface area contributed by atoms with E-state index in [1.807, 2.05) is 11.3 Å². The molecule has 0 aliphatic rings. The molecule has 0 fully saturated rings. The number of H-pyrrole nitrogens is 1. The van der Waals surface area contributed by atoms with Crippen LogP contribution >= 0.6 is 11.3 Å². The number of nitrogens with zero attached hydrogens (tertiary/aromatic N) is 1. The van der Waals surface area contributed by atoms with Gasteiger partial charge in [0.15, 0.2) is 0 Å². The summed E-state index contributed by atoms with van der Waals surface area (Å²) in [5.41, 5.74) is 5.97. The second kappa shape index (κ2) is 7.83. The molecular weight excluding hydrogens is 492 g/mol. The van der Waals surface area contributed by atoms with E-state index in [1.54, 1.807) is 0 Å². The van der Waals surface area contributed by atoms with Crippen LogP contribution in [0.1, 0.15) is 0 Å². The first-order valence-electron chi connectivity index (χ1n) is 13.3. The Morgan fingerprint density at radius 3 is 2.26 bits per heavy atom. The average Bonchev–Trinajstić information content (AvgIpc) is 3.56. The topological polar surface area (TPSA) is 19.0 Å². The molecule has 2 heterocycles. The van der Waals surface area contributed by atoms with Crippen molar-refractivity contribution < 1.29 is 0 Å². The first-order chi connectivity index (χ1) is 19.3. The van der Waals surface area contributed by atoms with Gasteiger partial charge in [0.2, 0.25) is 0 Å². The largest absolute Gasteiger partial charge is 0.353 e. The highest BCUT2D eigenvalue weighted by Crippen LogP contribution is 2.46. The molecule has 3 heteroatoms. The molecule has 0 amide bonds. The highest BCUT2D eigenvalue weighted by atomic mass is 32.1. The Morgan fingerprint density at radius 1 is 0.513 bits per heavy atom. The Bertz CT molecular complexity index is 2340. The van der Waals surface area contributed by atoms with Gasteiger partial charge in [0.05, 0.1) is 15.9 Å². The van der Waals surface area contributed by atoms with Crippen LogP contribution in [-0.2, 0) is 0 Å². The first kappa shape index (κ1) is 21.1. The Morgan fingerprint density at radius 2 is 1.31 bits per heavy atom. The van der Waals surface area contributed by atoms with Gasteiger partial charge in [-0.1, -0.05) is 84.9 Å². The van der Waals surface area contributed by atoms with Crippen LogP contribution in [0, 0.1) is 0 Å². The van der Waals surface area contributed by atoms with E-state index < -0.39 is 0 Å². The minimum atomic E-state index is 1.15. The van der Waals surface area contributed by atoms with Crippen molar-refractivity contribution in [2.75, 3.05) is 4.90 Å². The Kier molecular flexibility index (Phi) is 4.24. The number of anilines is 3. The molecule has 39 heavy (non-hydrogen) atoms. The number of aromatic nitrogens is 1. The van der Waals surface area contributed by atoms with E-state index >= 15 is 0 Å². The molecule has 9 rings (SSSR count). The average molecular weight is 515 g/mol. The summed E-state index contributed by atoms with van der Waals surface area (Å²) in [6, 6.07) is 46.3. The molecule has 9 aromatic rings. The molecule has 1 N–H and O–H groups in total. The maximum atomic E-state index is 3.77. The number of rotatable bonds is 3. The predicted molar refractivity (Wildman–Crippen MR) is 170 cm³/mol. The highest BCUT2D eigenvalue weighted by Gasteiger charge is 2.19. The molecular formula is C36H22N2S. The van der Waals surface area contributed by atoms with Crippen molar-refractivity contribution in [3.63, 3.8) is 0 Å². The summed E-state index contributed by atoms with van der Waals surface area (Å²) in [5, 5.41) is 10.4. The van der Waals surface area contributed by atoms with Crippen LogP contribution in [0.2, 0.25) is 0 Å². The summed E-state index contributed by atoms with van der Waals surface area (Å²) in [6.45, 7) is 0. The third-order valence-electron chi connectivity index (χ3n) is 8.11. The van der Waals surface area contributed by atoms with Crippen molar-refractivity contribution in [1.82, 2.24) is 4.98 Å². The fourth-order valence-electron chi connectivity index (χ4n) is 6.39. The van der Waals surface area contributed by atoms with Crippen LogP contribution in [0.4, 0.5) is 17.1 Å². The van der Waals surface area contributed by atoms with E-state index in [2.05, 4.69) is 137 Å². The minimum absolute atomic E-state index is 1.15. The van der Waals surface area contributed by atoms with Gasteiger partial charge in [0.1, 0.15) is 0 Å². The van der Waals surface area contributed by atoms with Gasteiger partial charge in [-0.25, -0.2) is 0 Å². The van der Waals surface area contributed by atoms with Gasteiger partial charge in [-0.3, -0.25) is 0 Å². The van der Waals surface area contributed by atoms with Crippen molar-refractivity contribution in [3.8, 4) is 0 Å². The van der Waals surface area contributed by atoms with Crippen molar-refractivity contribution >= 4 is 91.9 Å². The lowest BCUT2D eigenvalue weighted by molar-refractivity contribution is 1.30. The lowest BCUT2D eigenvalue weighted by Crippen LogP contribution is -2.10. The van der Waals surface area contributed by atoms with Crippen LogP contribution < -0.4 is 4.90 Å². The number of fused-ring (bicyclic) bond motifs is 5. The highest BCUT2D eigenvalue weighted by molar-refractivity contribution is 7.26. The molecule has 2 nitrogen and oxygen atoms in total. The number of hydrogen-bond acceptors (Lipinski definition) is 2. The van der Waals surface area contributed by atoms with Gasteiger partial charge in [-0.15, -0.1) is 11.3 Å². The second-order valence-electron chi connectivity index (χ2n) is 10.3. The van der Waals surface area contributed by atoms with Crippen molar-refractivity contribution in [1.29, 1.82) is 0 Å². The third-order valence-corrected chi connectivity index (χ3v) is 9.29. The van der Waals surface area contributed by atoms with Crippen molar-refractivity contribution in [2.45, 2.75) is 0 Å². The second-order valence-corrected chi connectivity index (χ2v) is 11.3. The zero-order chi connectivity index (χ0) is 25.5. The van der Waals surface area contributed by atoms with E-state index in [9.17, 15) is 0 Å². The van der Waals surface area contributed by atoms with E-state index in [-0.39, 0.29) is 0 Å². The van der Waals surface area contributed by atoms with Gasteiger partial charge < -0.3 is 9.88 Å². The third kappa shape index (κ3) is 2.96. The standard InChI is InChI=1S/C36H22N2S/c1-2-11-25(12-3-1)38(31-15-7-9-22-8-4-5-13-27(22)31)26-18-19-28-29-20-24-17-16-23-10-6-14-30-33(23)34(24)35(37-30)36(29)39-32(28)21-26/h1-21,37H. The molecule has 0 radical (unpaired) electrons. The smallest absolute Gasteiger partial charge is 0.0652 e. The Balaban J connectivity index is 1.33. The fourth-order valence-corrected chi connectivity index (χ4v) is 7.61. The zero-order valence-electron chi connectivity index (χ0n) is 21.0. The normalized spacial score (nSPS) is 12.1. The number of hydrogen-bond donors (Lipinski definition) is 1. The SMILES string of the molecule is c1ccc(N(c2ccc3c(c2)sc2c3cc3ccc4cccc5[nH]c2c3c45)c2cccc3ccccc23)cc1. The van der Waals surface area contributed by atoms with Gasteiger partial charge in [-0.05, 0) is 58.6 Å². The van der Waals surface area contributed by atoms with Crippen LogP contribution in [-0.4, -0.2) is 4.98 Å². The lowest BCUT2D eigenvalue weighted by atomic mass is 10.00. The molecule has 0 unspecified atom stereocenters. The quantitative estimate of drug-likeness (QED) is 0.232. The summed E-state index contributed by atoms with van der Waals surface area (Å²) >= 11 is 1.89. The van der Waals surface area contributed by atoms with Gasteiger partial charge in [-0.2, -0.15) is 0 Å². The minimum Gasteiger partial charge on any atom is -0.353 e. The molecule has 0 aliphatic carbocycles. The van der Waals surface area contributed by atoms with Gasteiger partial charge in [0.25, 0.3) is 0 Å². The number of para-hydroxylation sites is 1. The van der Waals surface area contributed by atoms with E-state index in [0.29, 0.717) is 0 Å². The number of thiophene rings is 1. The molecule has 0 bridgehead atoms. The Hall–Kier alpha value is -4.86. The molecule has 7 aromatic carbocycles. The van der Waals surface area contributed by atoms with E-state index in [0.717, 1.165) is 11.4 Å². The van der Waals surface area contributed by atoms with Crippen molar-refractivity contribution in [3.05, 3.63) is 127 Å². The van der Waals surface area contributed by atoms with Crippen LogP contribution in [0.15, 0.2) is 127 Å². The van der Waals surface area contributed by atoms with Gasteiger partial charge in [0, 0.05) is 48.5 Å². The molecule has 0 saturated carbocycles. The molecule has 0 aliphatic heterocycles. The predicted octanol–water partition coefficient (Wildman–Crippen LogP) is 10.9. The first-order valence-corrected chi connectivity index (χ1v) is 14.1. The number of benzene rings is 7. The number of nitrogens with one attached hydrogen (secondary N) is 1. The molecule has 0 saturated heterocycles. The summed E-state index contributed by atoms with van der Waals surface area (Å²) in [4.78, 5) is 6.16. The van der Waals surface area contributed by atoms with Gasteiger partial charge >= 0.3 is 0 Å². The summed E-state index contributed by atoms with van der Waals surface area (Å²) < 4.78 is 2.62. The van der Waals surface area contributed by atoms with Crippen LogP contribution in [0.3, 0.4) is 0 Å². The molecule has 182 valence electrons. The summed E-state index contributed by atoms with van der Waals surface area (Å²) in [7, 11) is 0. The number of aromatic amines is 1. The maximum Gasteiger partial charge on any atom is 0.0652 e. The Labute approximate surface area is 228 Å². The van der Waals surface area contributed by atoms with Crippen molar-refractivity contribution in [2.24, 2.45) is 0 Å². The van der Waals surface area contributed by atoms with E-state index in [1.165, 1.54) is 69.2 Å². The maximum absolute atomic E-state index is 3.77. The van der Waals surface area contributed by atoms with E-state index in [4.69, 9.17) is 0 Å². The molecule has 0 spiro atoms. The van der Waals surface area contributed by atoms with Crippen LogP contribution in [0.5, 0.6) is 0 Å². The zero-order valence-corrected chi connectivity index (χ0v) is 21.8. The summed E-state index contributed by atoms with van der Waals surface area (Å²) in [6.07, 6.45) is 0. The summed E-state index contributed by atoms with van der Waals surface area (Å²) in [5.74, 6) is 0.